The van der Waals surface area contributed by atoms with E-state index >= 15 is 0 Å². The Morgan fingerprint density at radius 1 is 0.971 bits per heavy atom. The molecule has 6 heteroatoms. The van der Waals surface area contributed by atoms with Gasteiger partial charge in [0.05, 0.1) is 0 Å². The van der Waals surface area contributed by atoms with Crippen molar-refractivity contribution in [1.29, 1.82) is 0 Å². The van der Waals surface area contributed by atoms with Gasteiger partial charge in [-0.05, 0) is 73.6 Å². The Labute approximate surface area is 202 Å². The van der Waals surface area contributed by atoms with Crippen molar-refractivity contribution < 1.29 is 14.3 Å². The molecular weight excluding hydrogens is 426 g/mol. The summed E-state index contributed by atoms with van der Waals surface area (Å²) in [6.45, 7) is 3.48. The van der Waals surface area contributed by atoms with Gasteiger partial charge in [-0.2, -0.15) is 0 Å². The quantitative estimate of drug-likeness (QED) is 0.653. The third-order valence-electron chi connectivity index (χ3n) is 7.73. The second kappa shape index (κ2) is 9.79. The zero-order valence-corrected chi connectivity index (χ0v) is 20.3. The minimum atomic E-state index is -0.00946. The van der Waals surface area contributed by atoms with E-state index in [2.05, 4.69) is 9.80 Å². The zero-order valence-electron chi connectivity index (χ0n) is 20.3. The molecule has 2 aromatic carbocycles. The molecule has 1 saturated heterocycles. The van der Waals surface area contributed by atoms with Crippen molar-refractivity contribution in [3.8, 4) is 5.75 Å². The van der Waals surface area contributed by atoms with Crippen LogP contribution in [0.3, 0.4) is 0 Å². The Morgan fingerprint density at radius 2 is 1.71 bits per heavy atom. The maximum atomic E-state index is 13.3. The standard InChI is InChI=1S/C28H35N3O3/c1-29(2)27(32)21-8-6-20(7-9-21)19-34-25-10-11-26-22(18-25)12-17-31(28(26)33)24-13-15-30(16-14-24)23-4-3-5-23/h6-11,18,23-24H,3-5,12-17,19H2,1-2H3. The number of amides is 2. The van der Waals surface area contributed by atoms with Gasteiger partial charge < -0.3 is 19.4 Å². The lowest BCUT2D eigenvalue weighted by atomic mass is 9.88. The van der Waals surface area contributed by atoms with Crippen LogP contribution in [0.25, 0.3) is 0 Å². The van der Waals surface area contributed by atoms with Crippen LogP contribution in [0.5, 0.6) is 5.75 Å². The molecule has 3 aliphatic rings. The largest absolute Gasteiger partial charge is 0.489 e. The fraction of sp³-hybridized carbons (Fsp3) is 0.500. The van der Waals surface area contributed by atoms with Crippen LogP contribution in [-0.4, -0.2) is 72.3 Å². The summed E-state index contributed by atoms with van der Waals surface area (Å²) in [7, 11) is 3.50. The highest BCUT2D eigenvalue weighted by molar-refractivity contribution is 5.97. The summed E-state index contributed by atoms with van der Waals surface area (Å²) in [5, 5.41) is 0. The van der Waals surface area contributed by atoms with Crippen LogP contribution in [0.15, 0.2) is 42.5 Å². The molecular formula is C28H35N3O3. The first-order valence-electron chi connectivity index (χ1n) is 12.6. The number of nitrogens with zero attached hydrogens (tertiary/aromatic N) is 3. The number of fused-ring (bicyclic) bond motifs is 1. The molecule has 2 fully saturated rings. The molecule has 0 unspecified atom stereocenters. The van der Waals surface area contributed by atoms with Crippen LogP contribution in [-0.2, 0) is 13.0 Å². The summed E-state index contributed by atoms with van der Waals surface area (Å²) in [4.78, 5) is 31.6. The zero-order chi connectivity index (χ0) is 23.7. The van der Waals surface area contributed by atoms with Crippen LogP contribution >= 0.6 is 0 Å². The van der Waals surface area contributed by atoms with Gasteiger partial charge in [0.1, 0.15) is 12.4 Å². The Kier molecular flexibility index (Phi) is 6.59. The second-order valence-electron chi connectivity index (χ2n) is 10.1. The minimum Gasteiger partial charge on any atom is -0.489 e. The third kappa shape index (κ3) is 4.69. The fourth-order valence-electron chi connectivity index (χ4n) is 5.40. The van der Waals surface area contributed by atoms with Crippen LogP contribution in [0.4, 0.5) is 0 Å². The normalized spacial score (nSPS) is 19.5. The van der Waals surface area contributed by atoms with Crippen molar-refractivity contribution in [2.24, 2.45) is 0 Å². The Balaban J connectivity index is 1.17. The van der Waals surface area contributed by atoms with Gasteiger partial charge in [-0.3, -0.25) is 9.59 Å². The highest BCUT2D eigenvalue weighted by Gasteiger charge is 2.34. The predicted octanol–water partition coefficient (Wildman–Crippen LogP) is 3.98. The monoisotopic (exact) mass is 461 g/mol. The summed E-state index contributed by atoms with van der Waals surface area (Å²) in [6, 6.07) is 14.5. The van der Waals surface area contributed by atoms with E-state index in [4.69, 9.17) is 4.74 Å². The molecule has 1 aliphatic carbocycles. The molecule has 2 aromatic rings. The summed E-state index contributed by atoms with van der Waals surface area (Å²) in [5.41, 5.74) is 3.58. The molecule has 6 nitrogen and oxygen atoms in total. The van der Waals surface area contributed by atoms with E-state index < -0.39 is 0 Å². The minimum absolute atomic E-state index is 0.00946. The topological polar surface area (TPSA) is 53.1 Å². The summed E-state index contributed by atoms with van der Waals surface area (Å²) >= 11 is 0. The molecule has 0 spiro atoms. The van der Waals surface area contributed by atoms with E-state index in [-0.39, 0.29) is 11.8 Å². The smallest absolute Gasteiger partial charge is 0.254 e. The summed E-state index contributed by atoms with van der Waals surface area (Å²) in [5.74, 6) is 0.947. The lowest BCUT2D eigenvalue weighted by Crippen LogP contribution is -2.52. The number of ether oxygens (including phenoxy) is 1. The number of rotatable bonds is 6. The van der Waals surface area contributed by atoms with Gasteiger partial charge in [-0.15, -0.1) is 0 Å². The van der Waals surface area contributed by atoms with Crippen molar-refractivity contribution in [3.05, 3.63) is 64.7 Å². The average Bonchev–Trinajstić information content (AvgIpc) is 2.82. The fourth-order valence-corrected chi connectivity index (χ4v) is 5.40. The van der Waals surface area contributed by atoms with Crippen molar-refractivity contribution >= 4 is 11.8 Å². The molecule has 0 N–H and O–H groups in total. The van der Waals surface area contributed by atoms with E-state index in [1.807, 2.05) is 42.5 Å². The van der Waals surface area contributed by atoms with E-state index in [0.29, 0.717) is 18.2 Å². The third-order valence-corrected chi connectivity index (χ3v) is 7.73. The van der Waals surface area contributed by atoms with Gasteiger partial charge in [0.2, 0.25) is 0 Å². The number of hydrogen-bond acceptors (Lipinski definition) is 4. The SMILES string of the molecule is CN(C)C(=O)c1ccc(COc2ccc3c(c2)CCN(C2CCN(C4CCC4)CC2)C3=O)cc1. The van der Waals surface area contributed by atoms with Crippen LogP contribution in [0.1, 0.15) is 63.9 Å². The molecule has 0 aromatic heterocycles. The van der Waals surface area contributed by atoms with Crippen molar-refractivity contribution in [3.63, 3.8) is 0 Å². The maximum absolute atomic E-state index is 13.3. The van der Waals surface area contributed by atoms with Crippen LogP contribution in [0.2, 0.25) is 0 Å². The van der Waals surface area contributed by atoms with Crippen molar-refractivity contribution in [1.82, 2.24) is 14.7 Å². The number of carbonyl (C=O) groups is 2. The first-order chi connectivity index (χ1) is 16.5. The Bertz CT molecular complexity index is 1040. The number of benzene rings is 2. The van der Waals surface area contributed by atoms with E-state index in [1.165, 1.54) is 19.3 Å². The van der Waals surface area contributed by atoms with E-state index in [9.17, 15) is 9.59 Å². The highest BCUT2D eigenvalue weighted by atomic mass is 16.5. The lowest BCUT2D eigenvalue weighted by molar-refractivity contribution is 0.0414. The predicted molar refractivity (Wildman–Crippen MR) is 132 cm³/mol. The Hall–Kier alpha value is -2.86. The van der Waals surface area contributed by atoms with Gasteiger partial charge in [0.15, 0.2) is 0 Å². The Morgan fingerprint density at radius 3 is 2.35 bits per heavy atom. The lowest BCUT2D eigenvalue weighted by Gasteiger charge is -2.45. The molecule has 0 atom stereocenters. The molecule has 0 radical (unpaired) electrons. The summed E-state index contributed by atoms with van der Waals surface area (Å²) < 4.78 is 6.01. The van der Waals surface area contributed by atoms with E-state index in [0.717, 1.165) is 67.4 Å². The number of piperidine rings is 1. The number of hydrogen-bond donors (Lipinski definition) is 0. The molecule has 5 rings (SSSR count). The average molecular weight is 462 g/mol. The number of carbonyl (C=O) groups excluding carboxylic acids is 2. The summed E-state index contributed by atoms with van der Waals surface area (Å²) in [6.07, 6.45) is 7.15. The molecule has 0 bridgehead atoms. The van der Waals surface area contributed by atoms with Gasteiger partial charge in [-0.1, -0.05) is 18.6 Å². The first kappa shape index (κ1) is 22.9. The highest BCUT2D eigenvalue weighted by Crippen LogP contribution is 2.31. The van der Waals surface area contributed by atoms with Crippen molar-refractivity contribution in [2.75, 3.05) is 33.7 Å². The first-order valence-corrected chi connectivity index (χ1v) is 12.6. The molecule has 1 saturated carbocycles. The molecule has 2 aliphatic heterocycles. The molecule has 2 amide bonds. The molecule has 180 valence electrons. The van der Waals surface area contributed by atoms with Crippen LogP contribution < -0.4 is 4.74 Å². The van der Waals surface area contributed by atoms with Gasteiger partial charge in [-0.25, -0.2) is 0 Å². The van der Waals surface area contributed by atoms with E-state index in [1.54, 1.807) is 19.0 Å². The van der Waals surface area contributed by atoms with Crippen molar-refractivity contribution in [2.45, 2.75) is 57.2 Å². The van der Waals surface area contributed by atoms with Crippen LogP contribution in [0, 0.1) is 0 Å². The second-order valence-corrected chi connectivity index (χ2v) is 10.1. The van der Waals surface area contributed by atoms with Gasteiger partial charge in [0, 0.05) is 56.9 Å². The maximum Gasteiger partial charge on any atom is 0.254 e. The van der Waals surface area contributed by atoms with Gasteiger partial charge >= 0.3 is 0 Å². The molecule has 34 heavy (non-hydrogen) atoms. The number of likely N-dealkylation sites (tertiary alicyclic amines) is 1. The van der Waals surface area contributed by atoms with Gasteiger partial charge in [0.25, 0.3) is 11.8 Å². The molecule has 2 heterocycles.